The first-order chi connectivity index (χ1) is 60.4. The van der Waals surface area contributed by atoms with Gasteiger partial charge in [-0.25, -0.2) is 0 Å². The number of rotatable bonds is 18. The van der Waals surface area contributed by atoms with Crippen LogP contribution in [0.2, 0.25) is 0 Å². The third-order valence-corrected chi connectivity index (χ3v) is 17.6. The number of piperidine rings is 4. The number of Topliss-reactive ketones (excluding diaryl/α,β-unsaturated/α-hetero) is 4. The molecule has 0 radical (unpaired) electrons. The summed E-state index contributed by atoms with van der Waals surface area (Å²) in [6.45, 7) is -5.45. The van der Waals surface area contributed by atoms with Crippen LogP contribution in [0.25, 0.3) is 0 Å². The van der Waals surface area contributed by atoms with Crippen molar-refractivity contribution in [3.63, 3.8) is 0 Å². The Morgan fingerprint density at radius 3 is 1.20 bits per heavy atom. The van der Waals surface area contributed by atoms with Crippen LogP contribution >= 0.6 is 0 Å². The van der Waals surface area contributed by atoms with Crippen molar-refractivity contribution in [3.05, 3.63) is 93.0 Å². The van der Waals surface area contributed by atoms with Crippen LogP contribution in [0.15, 0.2) is 48.5 Å². The number of hydrogen-bond acceptors (Lipinski definition) is 16. The van der Waals surface area contributed by atoms with Crippen LogP contribution in [0.5, 0.6) is 46.0 Å². The van der Waals surface area contributed by atoms with E-state index in [1.54, 1.807) is 30.9 Å². The second kappa shape index (κ2) is 32.7. The minimum atomic E-state index is -3.67. The van der Waals surface area contributed by atoms with E-state index in [9.17, 15) is 19.2 Å². The first-order valence-corrected chi connectivity index (χ1v) is 31.2. The number of hydrogen-bond donors (Lipinski definition) is 0. The zero-order chi connectivity index (χ0) is 102. The van der Waals surface area contributed by atoms with Gasteiger partial charge in [0, 0.05) is 164 Å². The number of carbonyl (C=O) groups excluding carboxylic acids is 4. The molecule has 8 aliphatic heterocycles. The molecular weight excluding hydrogens is 1180 g/mol. The van der Waals surface area contributed by atoms with Gasteiger partial charge in [0.15, 0.2) is 46.0 Å². The SMILES string of the molecule is [2H]C([2H])([2H])Oc1cc2c(cc1OC)C1CC(=O)C(C([2H])([2H])C([2H])(C([2H])([2H])[2H])C([2H])([2H])C)C([2H])([2H])N1CC2.[2H]C([2H])([2H])Oc1cc2c(cc1OC)C1CC(=O)C(CC(C)C)C([2H])([2H])N1CC2.[2H]C([2H])([2H])Oc1cc2c(cc1OC)C1N(CC2)C([2H])([2H])C([2H])(CC(C)C)C(=O)C1([2H])[2H].[2H]C([2H])([2H])Oc1cc2c(cc1OC)C1N(CC2)CC([2H])(C([2H])([2H])C([2H])(C([2H])([2H])[2H])C([2H])([2H])C)C(=O)C1([2H])[2H]. The molecule has 0 N–H and O–H groups in total. The molecule has 4 aromatic carbocycles. The smallest absolute Gasteiger partial charge is 0.161 e. The summed E-state index contributed by atoms with van der Waals surface area (Å²) in [6, 6.07) is 7.80. The number of ether oxygens (including phenoxy) is 8. The third-order valence-electron chi connectivity index (χ3n) is 17.6. The highest BCUT2D eigenvalue weighted by Crippen LogP contribution is 2.48. The summed E-state index contributed by atoms with van der Waals surface area (Å²) in [7, 11) is -5.60. The van der Waals surface area contributed by atoms with E-state index in [-0.39, 0.29) is 127 Å². The van der Waals surface area contributed by atoms with E-state index in [4.69, 9.17) is 92.7 Å². The Morgan fingerprint density at radius 2 is 0.809 bits per heavy atom. The van der Waals surface area contributed by atoms with Crippen molar-refractivity contribution in [2.45, 2.75) is 169 Å². The first kappa shape index (κ1) is 35.9. The standard InChI is InChI=1S/2C20H29NO3.2C19H27NO3/c2*1-5-13(2)8-15-12-21-7-6-14-9-19(23-3)20(24-4)10-16(14)17(21)11-18(15)22;2*1-12(2)7-14-11-20-6-5-13-8-18(22-3)19(23-4)9-15(13)16(20)10-17(14)21/h2*9-10,13,15,17H,5-8,11-12H2,1-4H3;2*8-9,12,14,16H,5-7,10-11H2,1-4H3/i2D3,3D3,5D2,8D2,11D2,13D,15D;2D3,3D3,5D2,8D2,12D2,13D;3D3,10D2,11D2,14D;3D3,11D2. The molecule has 0 amide bonds. The number of carbonyl (C=O) groups is 4. The number of fused-ring (bicyclic) bond motifs is 12. The largest absolute Gasteiger partial charge is 0.493 e. The molecule has 516 valence electrons. The van der Waals surface area contributed by atoms with Crippen LogP contribution in [0.3, 0.4) is 0 Å². The van der Waals surface area contributed by atoms with Gasteiger partial charge in [0.2, 0.25) is 0 Å². The van der Waals surface area contributed by atoms with E-state index in [0.717, 1.165) is 18.1 Å². The quantitative estimate of drug-likeness (QED) is 0.0926. The highest BCUT2D eigenvalue weighted by molar-refractivity contribution is 5.85. The van der Waals surface area contributed by atoms with Gasteiger partial charge in [0.05, 0.1) is 73.0 Å². The number of benzene rings is 4. The van der Waals surface area contributed by atoms with Crippen LogP contribution < -0.4 is 37.9 Å². The maximum absolute atomic E-state index is 13.6. The molecular formula is C78H112N4O12. The highest BCUT2D eigenvalue weighted by Gasteiger charge is 2.43. The van der Waals surface area contributed by atoms with Gasteiger partial charge in [0.1, 0.15) is 23.1 Å². The van der Waals surface area contributed by atoms with Crippen molar-refractivity contribution < 1.29 is 112 Å². The molecule has 12 rings (SSSR count). The maximum atomic E-state index is 13.6. The van der Waals surface area contributed by atoms with Crippen LogP contribution in [0.4, 0.5) is 0 Å². The molecule has 4 aromatic rings. The number of nitrogens with zero attached hydrogens (tertiary/aromatic N) is 4. The lowest BCUT2D eigenvalue weighted by atomic mass is 9.79. The lowest BCUT2D eigenvalue weighted by molar-refractivity contribution is -0.130. The summed E-state index contributed by atoms with van der Waals surface area (Å²) in [5.74, 6) is -18.9. The Kier molecular flexibility index (Phi) is 12.5. The molecule has 10 unspecified atom stereocenters. The predicted molar refractivity (Wildman–Crippen MR) is 370 cm³/mol. The summed E-state index contributed by atoms with van der Waals surface area (Å²) in [5.41, 5.74) is 4.22. The van der Waals surface area contributed by atoms with Crippen LogP contribution in [0, 0.1) is 47.2 Å². The van der Waals surface area contributed by atoms with Gasteiger partial charge >= 0.3 is 0 Å². The van der Waals surface area contributed by atoms with E-state index in [1.165, 1.54) is 79.5 Å². The van der Waals surface area contributed by atoms with Gasteiger partial charge in [-0.2, -0.15) is 0 Å². The highest BCUT2D eigenvalue weighted by atomic mass is 16.5. The summed E-state index contributed by atoms with van der Waals surface area (Å²) >= 11 is 0. The van der Waals surface area contributed by atoms with Crippen molar-refractivity contribution in [1.82, 2.24) is 19.6 Å². The van der Waals surface area contributed by atoms with E-state index in [1.807, 2.05) is 13.8 Å². The van der Waals surface area contributed by atoms with Crippen LogP contribution in [0.1, 0.15) is 243 Å². The Hall–Kier alpha value is -6.20. The molecule has 4 fully saturated rings. The van der Waals surface area contributed by atoms with Crippen molar-refractivity contribution in [2.24, 2.45) is 47.2 Å². The average Bonchev–Trinajstić information content (AvgIpc) is 0.692. The Bertz CT molecular complexity index is 5010. The fourth-order valence-corrected chi connectivity index (χ4v) is 13.0. The van der Waals surface area contributed by atoms with Gasteiger partial charge in [-0.3, -0.25) is 38.8 Å². The average molecular weight is 1340 g/mol. The Balaban J connectivity index is 0.000000202. The lowest BCUT2D eigenvalue weighted by Crippen LogP contribution is -2.46. The summed E-state index contributed by atoms with van der Waals surface area (Å²) in [6.07, 6.45) is -17.3. The summed E-state index contributed by atoms with van der Waals surface area (Å²) < 4.78 is 364. The monoisotopic (exact) mass is 1340 g/mol. The molecule has 16 nitrogen and oxygen atoms in total. The fraction of sp³-hybridized carbons (Fsp3) is 0.641. The van der Waals surface area contributed by atoms with Gasteiger partial charge in [-0.1, -0.05) is 68.0 Å². The van der Waals surface area contributed by atoms with Crippen molar-refractivity contribution in [3.8, 4) is 46.0 Å². The maximum Gasteiger partial charge on any atom is 0.161 e. The van der Waals surface area contributed by atoms with Crippen molar-refractivity contribution in [1.29, 1.82) is 0 Å². The molecule has 0 aromatic heterocycles. The molecule has 94 heavy (non-hydrogen) atoms. The number of ketones is 4. The first-order valence-electron chi connectivity index (χ1n) is 51.2. The zero-order valence-corrected chi connectivity index (χ0v) is 54.6. The molecule has 0 spiro atoms. The molecule has 8 heterocycles. The Labute approximate surface area is 618 Å². The minimum Gasteiger partial charge on any atom is -0.493 e. The normalized spacial score (nSPS) is 37.2. The van der Waals surface area contributed by atoms with E-state index < -0.39 is 183 Å². The van der Waals surface area contributed by atoms with Gasteiger partial charge in [-0.05, 0) is 168 Å². The molecule has 16 heteroatoms. The molecule has 10 atom stereocenters. The second-order valence-corrected chi connectivity index (χ2v) is 24.5. The van der Waals surface area contributed by atoms with E-state index >= 15 is 0 Å². The Morgan fingerprint density at radius 1 is 0.457 bits per heavy atom. The van der Waals surface area contributed by atoms with Gasteiger partial charge < -0.3 is 37.9 Å². The van der Waals surface area contributed by atoms with Crippen LogP contribution in [-0.4, -0.2) is 152 Å². The van der Waals surface area contributed by atoms with E-state index in [0.29, 0.717) is 54.1 Å². The zero-order valence-electron chi connectivity index (χ0n) is 94.6. The topological polar surface area (TPSA) is 155 Å². The predicted octanol–water partition coefficient (Wildman–Crippen LogP) is 13.7. The molecule has 0 bridgehead atoms. The van der Waals surface area contributed by atoms with E-state index in [2.05, 4.69) is 0 Å². The molecule has 0 saturated carbocycles. The minimum absolute atomic E-state index is 0.0293. The number of methoxy groups -OCH3 is 8. The summed E-state index contributed by atoms with van der Waals surface area (Å²) in [5, 5.41) is 0. The molecule has 8 aliphatic rings. The third kappa shape index (κ3) is 16.4. The van der Waals surface area contributed by atoms with Gasteiger partial charge in [0.25, 0.3) is 0 Å². The lowest BCUT2D eigenvalue weighted by Gasteiger charge is -2.43. The molecule has 4 saturated heterocycles. The summed E-state index contributed by atoms with van der Waals surface area (Å²) in [4.78, 5) is 58.7. The van der Waals surface area contributed by atoms with Gasteiger partial charge in [-0.15, -0.1) is 0 Å². The second-order valence-electron chi connectivity index (χ2n) is 24.5. The fourth-order valence-electron chi connectivity index (χ4n) is 13.0. The van der Waals surface area contributed by atoms with Crippen molar-refractivity contribution >= 4 is 23.1 Å². The molecule has 0 aliphatic carbocycles. The van der Waals surface area contributed by atoms with Crippen LogP contribution in [-0.2, 0) is 44.9 Å². The van der Waals surface area contributed by atoms with Crippen molar-refractivity contribution in [2.75, 3.05) is 109 Å².